The number of nitrogens with two attached hydrogens (primary N) is 1. The van der Waals surface area contributed by atoms with Gasteiger partial charge < -0.3 is 5.73 Å². The number of aliphatic imine (C=N–C) groups is 1. The van der Waals surface area contributed by atoms with Crippen molar-refractivity contribution in [3.8, 4) is 0 Å². The molecule has 2 N–H and O–H groups in total. The summed E-state index contributed by atoms with van der Waals surface area (Å²) >= 11 is 0. The van der Waals surface area contributed by atoms with Gasteiger partial charge in [0.25, 0.3) is 0 Å². The maximum absolute atomic E-state index is 5.81. The highest BCUT2D eigenvalue weighted by Crippen LogP contribution is 2.12. The first kappa shape index (κ1) is 10.8. The molecule has 0 amide bonds. The highest BCUT2D eigenvalue weighted by Gasteiger charge is 2.14. The Bertz CT molecular complexity index is 292. The molecule has 0 aliphatic carbocycles. The van der Waals surface area contributed by atoms with E-state index in [0.717, 1.165) is 6.54 Å². The minimum Gasteiger partial charge on any atom is -0.387 e. The number of hydrogen-bond donors (Lipinski definition) is 1. The van der Waals surface area contributed by atoms with Crippen LogP contribution in [0.3, 0.4) is 0 Å². The Kier molecular flexibility index (Phi) is 3.28. The normalized spacial score (nSPS) is 13.2. The molecule has 0 saturated carbocycles. The maximum Gasteiger partial charge on any atom is 0.0992 e. The largest absolute Gasteiger partial charge is 0.387 e. The lowest BCUT2D eigenvalue weighted by atomic mass is 9.95. The summed E-state index contributed by atoms with van der Waals surface area (Å²) in [7, 11) is 0. The van der Waals surface area contributed by atoms with Crippen molar-refractivity contribution in [2.75, 3.05) is 6.54 Å². The van der Waals surface area contributed by atoms with Gasteiger partial charge in [0.05, 0.1) is 18.9 Å². The van der Waals surface area contributed by atoms with E-state index in [0.29, 0.717) is 12.4 Å². The van der Waals surface area contributed by atoms with Crippen LogP contribution in [-0.4, -0.2) is 22.2 Å². The molecule has 4 heteroatoms. The lowest BCUT2D eigenvalue weighted by molar-refractivity contribution is 0.572. The summed E-state index contributed by atoms with van der Waals surface area (Å²) < 4.78 is 1.85. The maximum atomic E-state index is 5.81. The molecule has 0 unspecified atom stereocenters. The zero-order chi connectivity index (χ0) is 10.6. The van der Waals surface area contributed by atoms with E-state index in [4.69, 9.17) is 5.73 Å². The van der Waals surface area contributed by atoms with Gasteiger partial charge in [0.1, 0.15) is 0 Å². The summed E-state index contributed by atoms with van der Waals surface area (Å²) in [6.45, 7) is 7.63. The SMILES string of the molecule is CC(C)(C)C(N)=NCCn1cccn1. The quantitative estimate of drug-likeness (QED) is 0.582. The number of hydrogen-bond acceptors (Lipinski definition) is 2. The first-order chi connectivity index (χ1) is 6.50. The van der Waals surface area contributed by atoms with Crippen LogP contribution in [0.4, 0.5) is 0 Å². The lowest BCUT2D eigenvalue weighted by Crippen LogP contribution is -2.29. The molecule has 1 heterocycles. The van der Waals surface area contributed by atoms with Crippen LogP contribution in [0.15, 0.2) is 23.5 Å². The molecular weight excluding hydrogens is 176 g/mol. The van der Waals surface area contributed by atoms with Crippen LogP contribution in [0.2, 0.25) is 0 Å². The third-order valence-electron chi connectivity index (χ3n) is 1.94. The summed E-state index contributed by atoms with van der Waals surface area (Å²) in [6, 6.07) is 1.90. The first-order valence-electron chi connectivity index (χ1n) is 4.78. The first-order valence-corrected chi connectivity index (χ1v) is 4.78. The Balaban J connectivity index is 2.41. The van der Waals surface area contributed by atoms with E-state index in [1.165, 1.54) is 0 Å². The molecule has 0 saturated heterocycles. The van der Waals surface area contributed by atoms with Gasteiger partial charge in [-0.2, -0.15) is 5.10 Å². The molecule has 0 aliphatic heterocycles. The summed E-state index contributed by atoms with van der Waals surface area (Å²) in [5, 5.41) is 4.08. The summed E-state index contributed by atoms with van der Waals surface area (Å²) in [6.07, 6.45) is 3.68. The fourth-order valence-electron chi connectivity index (χ4n) is 0.943. The second-order valence-electron chi connectivity index (χ2n) is 4.29. The van der Waals surface area contributed by atoms with Gasteiger partial charge in [-0.25, -0.2) is 0 Å². The smallest absolute Gasteiger partial charge is 0.0992 e. The summed E-state index contributed by atoms with van der Waals surface area (Å²) in [5.41, 5.74) is 5.77. The summed E-state index contributed by atoms with van der Waals surface area (Å²) in [5.74, 6) is 0.699. The number of amidine groups is 1. The average Bonchev–Trinajstić information content (AvgIpc) is 2.55. The van der Waals surface area contributed by atoms with Crippen LogP contribution in [0, 0.1) is 5.41 Å². The van der Waals surface area contributed by atoms with Crippen molar-refractivity contribution < 1.29 is 0 Å². The van der Waals surface area contributed by atoms with E-state index >= 15 is 0 Å². The average molecular weight is 194 g/mol. The second kappa shape index (κ2) is 4.26. The molecule has 78 valence electrons. The molecule has 0 bridgehead atoms. The zero-order valence-electron chi connectivity index (χ0n) is 9.07. The van der Waals surface area contributed by atoms with Gasteiger partial charge in [0.15, 0.2) is 0 Å². The second-order valence-corrected chi connectivity index (χ2v) is 4.29. The minimum atomic E-state index is -0.0376. The number of rotatable bonds is 3. The Morgan fingerprint density at radius 2 is 2.21 bits per heavy atom. The Hall–Kier alpha value is -1.32. The Labute approximate surface area is 84.8 Å². The molecule has 0 aromatic carbocycles. The van der Waals surface area contributed by atoms with Gasteiger partial charge in [-0.15, -0.1) is 0 Å². The third-order valence-corrected chi connectivity index (χ3v) is 1.94. The van der Waals surface area contributed by atoms with Crippen molar-refractivity contribution in [2.24, 2.45) is 16.1 Å². The molecular formula is C10H18N4. The molecule has 1 aromatic rings. The molecule has 1 rings (SSSR count). The summed E-state index contributed by atoms with van der Waals surface area (Å²) in [4.78, 5) is 4.30. The molecule has 1 aromatic heterocycles. The van der Waals surface area contributed by atoms with Crippen LogP contribution in [0.25, 0.3) is 0 Å². The van der Waals surface area contributed by atoms with E-state index in [2.05, 4.69) is 30.9 Å². The Morgan fingerprint density at radius 3 is 2.71 bits per heavy atom. The van der Waals surface area contributed by atoms with Crippen LogP contribution < -0.4 is 5.73 Å². The molecule has 4 nitrogen and oxygen atoms in total. The van der Waals surface area contributed by atoms with E-state index in [9.17, 15) is 0 Å². The van der Waals surface area contributed by atoms with E-state index in [1.54, 1.807) is 6.20 Å². The zero-order valence-corrected chi connectivity index (χ0v) is 9.07. The molecule has 0 aliphatic rings. The third kappa shape index (κ3) is 3.20. The van der Waals surface area contributed by atoms with Gasteiger partial charge >= 0.3 is 0 Å². The fourth-order valence-corrected chi connectivity index (χ4v) is 0.943. The van der Waals surface area contributed by atoms with Crippen molar-refractivity contribution in [3.63, 3.8) is 0 Å². The number of nitrogens with zero attached hydrogens (tertiary/aromatic N) is 3. The van der Waals surface area contributed by atoms with E-state index in [-0.39, 0.29) is 5.41 Å². The van der Waals surface area contributed by atoms with Crippen molar-refractivity contribution in [1.82, 2.24) is 9.78 Å². The highest BCUT2D eigenvalue weighted by atomic mass is 15.3. The van der Waals surface area contributed by atoms with Gasteiger partial charge in [0, 0.05) is 17.8 Å². The van der Waals surface area contributed by atoms with Crippen LogP contribution >= 0.6 is 0 Å². The van der Waals surface area contributed by atoms with Crippen molar-refractivity contribution in [1.29, 1.82) is 0 Å². The van der Waals surface area contributed by atoms with Crippen molar-refractivity contribution >= 4 is 5.84 Å². The fraction of sp³-hybridized carbons (Fsp3) is 0.600. The molecule has 0 radical (unpaired) electrons. The van der Waals surface area contributed by atoms with Gasteiger partial charge in [-0.3, -0.25) is 9.67 Å². The number of aromatic nitrogens is 2. The van der Waals surface area contributed by atoms with Crippen LogP contribution in [0.1, 0.15) is 20.8 Å². The minimum absolute atomic E-state index is 0.0376. The molecule has 0 spiro atoms. The molecule has 14 heavy (non-hydrogen) atoms. The van der Waals surface area contributed by atoms with E-state index < -0.39 is 0 Å². The molecule has 0 fully saturated rings. The standard InChI is InChI=1S/C10H18N4/c1-10(2,3)9(11)12-6-8-14-7-4-5-13-14/h4-5,7H,6,8H2,1-3H3,(H2,11,12). The Morgan fingerprint density at radius 1 is 1.50 bits per heavy atom. The van der Waals surface area contributed by atoms with Crippen LogP contribution in [-0.2, 0) is 6.54 Å². The van der Waals surface area contributed by atoms with Crippen molar-refractivity contribution in [2.45, 2.75) is 27.3 Å². The van der Waals surface area contributed by atoms with E-state index in [1.807, 2.05) is 16.9 Å². The van der Waals surface area contributed by atoms with Gasteiger partial charge in [-0.05, 0) is 6.07 Å². The lowest BCUT2D eigenvalue weighted by Gasteiger charge is -2.17. The van der Waals surface area contributed by atoms with Crippen molar-refractivity contribution in [3.05, 3.63) is 18.5 Å². The molecule has 0 atom stereocenters. The predicted octanol–water partition coefficient (Wildman–Crippen LogP) is 1.29. The van der Waals surface area contributed by atoms with Crippen LogP contribution in [0.5, 0.6) is 0 Å². The van der Waals surface area contributed by atoms with Gasteiger partial charge in [-0.1, -0.05) is 20.8 Å². The predicted molar refractivity (Wildman–Crippen MR) is 58.2 cm³/mol. The topological polar surface area (TPSA) is 56.2 Å². The monoisotopic (exact) mass is 194 g/mol. The highest BCUT2D eigenvalue weighted by molar-refractivity contribution is 5.85. The van der Waals surface area contributed by atoms with Gasteiger partial charge in [0.2, 0.25) is 0 Å².